The van der Waals surface area contributed by atoms with Gasteiger partial charge in [0.15, 0.2) is 0 Å². The van der Waals surface area contributed by atoms with E-state index >= 15 is 0 Å². The summed E-state index contributed by atoms with van der Waals surface area (Å²) in [5.74, 6) is 0.466. The molecule has 0 bridgehead atoms. The molecule has 1 aliphatic heterocycles. The standard InChI is InChI=1S/C18H25ClN2O2/c1-3-15(4-2)18(23)21-11-9-20(10-12-21)17(22)13-14-5-7-16(19)8-6-14/h5-8,15H,3-4,9-13H2,1-2H3. The first-order valence-electron chi connectivity index (χ1n) is 8.36. The van der Waals surface area contributed by atoms with Crippen LogP contribution in [0.4, 0.5) is 0 Å². The molecule has 0 atom stereocenters. The average molecular weight is 337 g/mol. The van der Waals surface area contributed by atoms with Crippen LogP contribution in [0.3, 0.4) is 0 Å². The fourth-order valence-corrected chi connectivity index (χ4v) is 3.09. The minimum Gasteiger partial charge on any atom is -0.339 e. The van der Waals surface area contributed by atoms with Gasteiger partial charge in [-0.25, -0.2) is 0 Å². The maximum Gasteiger partial charge on any atom is 0.227 e. The highest BCUT2D eigenvalue weighted by atomic mass is 35.5. The van der Waals surface area contributed by atoms with Crippen LogP contribution in [-0.4, -0.2) is 47.8 Å². The molecular formula is C18H25ClN2O2. The topological polar surface area (TPSA) is 40.6 Å². The maximum atomic E-state index is 12.4. The summed E-state index contributed by atoms with van der Waals surface area (Å²) in [6.07, 6.45) is 2.15. The van der Waals surface area contributed by atoms with Gasteiger partial charge in [0.2, 0.25) is 11.8 Å². The van der Waals surface area contributed by atoms with Gasteiger partial charge in [-0.1, -0.05) is 37.6 Å². The lowest BCUT2D eigenvalue weighted by atomic mass is 10.0. The van der Waals surface area contributed by atoms with Crippen LogP contribution in [0.1, 0.15) is 32.3 Å². The number of hydrogen-bond acceptors (Lipinski definition) is 2. The van der Waals surface area contributed by atoms with Gasteiger partial charge < -0.3 is 9.80 Å². The molecule has 1 fully saturated rings. The molecule has 126 valence electrons. The molecule has 0 N–H and O–H groups in total. The summed E-state index contributed by atoms with van der Waals surface area (Å²) in [7, 11) is 0. The largest absolute Gasteiger partial charge is 0.339 e. The molecular weight excluding hydrogens is 312 g/mol. The number of carbonyl (C=O) groups is 2. The molecule has 1 aromatic rings. The molecule has 0 aromatic heterocycles. The van der Waals surface area contributed by atoms with Crippen molar-refractivity contribution in [2.75, 3.05) is 26.2 Å². The lowest BCUT2D eigenvalue weighted by molar-refractivity contribution is -0.142. The Morgan fingerprint density at radius 3 is 2.04 bits per heavy atom. The molecule has 1 heterocycles. The van der Waals surface area contributed by atoms with Crippen LogP contribution < -0.4 is 0 Å². The summed E-state index contributed by atoms with van der Waals surface area (Å²) in [5, 5.41) is 0.676. The Morgan fingerprint density at radius 1 is 1.00 bits per heavy atom. The van der Waals surface area contributed by atoms with Crippen molar-refractivity contribution in [1.29, 1.82) is 0 Å². The van der Waals surface area contributed by atoms with Gasteiger partial charge in [0.1, 0.15) is 0 Å². The van der Waals surface area contributed by atoms with Gasteiger partial charge in [0.05, 0.1) is 6.42 Å². The van der Waals surface area contributed by atoms with Crippen LogP contribution in [0.25, 0.3) is 0 Å². The first-order valence-corrected chi connectivity index (χ1v) is 8.74. The van der Waals surface area contributed by atoms with Crippen LogP contribution in [-0.2, 0) is 16.0 Å². The molecule has 2 amide bonds. The third-order valence-electron chi connectivity index (χ3n) is 4.55. The summed E-state index contributed by atoms with van der Waals surface area (Å²) in [6, 6.07) is 7.37. The number of rotatable bonds is 5. The van der Waals surface area contributed by atoms with Crippen molar-refractivity contribution in [3.63, 3.8) is 0 Å². The number of carbonyl (C=O) groups excluding carboxylic acids is 2. The highest BCUT2D eigenvalue weighted by molar-refractivity contribution is 6.30. The normalized spacial score (nSPS) is 15.1. The van der Waals surface area contributed by atoms with Crippen molar-refractivity contribution in [3.05, 3.63) is 34.9 Å². The molecule has 4 nitrogen and oxygen atoms in total. The van der Waals surface area contributed by atoms with E-state index in [1.165, 1.54) is 0 Å². The van der Waals surface area contributed by atoms with E-state index in [-0.39, 0.29) is 17.7 Å². The van der Waals surface area contributed by atoms with Crippen molar-refractivity contribution < 1.29 is 9.59 Å². The highest BCUT2D eigenvalue weighted by Gasteiger charge is 2.27. The van der Waals surface area contributed by atoms with Gasteiger partial charge in [0, 0.05) is 37.1 Å². The van der Waals surface area contributed by atoms with Crippen molar-refractivity contribution in [3.8, 4) is 0 Å². The van der Waals surface area contributed by atoms with Crippen molar-refractivity contribution >= 4 is 23.4 Å². The van der Waals surface area contributed by atoms with Gasteiger partial charge in [0.25, 0.3) is 0 Å². The smallest absolute Gasteiger partial charge is 0.227 e. The minimum absolute atomic E-state index is 0.113. The van der Waals surface area contributed by atoms with Gasteiger partial charge in [-0.05, 0) is 30.5 Å². The summed E-state index contributed by atoms with van der Waals surface area (Å²) in [5.41, 5.74) is 0.968. The molecule has 0 spiro atoms. The Kier molecular flexibility index (Phi) is 6.46. The Labute approximate surface area is 143 Å². The molecule has 1 aliphatic rings. The summed E-state index contributed by atoms with van der Waals surface area (Å²) >= 11 is 5.86. The molecule has 0 aliphatic carbocycles. The van der Waals surface area contributed by atoms with E-state index in [2.05, 4.69) is 13.8 Å². The minimum atomic E-state index is 0.113. The van der Waals surface area contributed by atoms with E-state index in [4.69, 9.17) is 11.6 Å². The van der Waals surface area contributed by atoms with E-state index in [0.717, 1.165) is 18.4 Å². The van der Waals surface area contributed by atoms with E-state index in [9.17, 15) is 9.59 Å². The van der Waals surface area contributed by atoms with Gasteiger partial charge in [-0.2, -0.15) is 0 Å². The Morgan fingerprint density at radius 2 is 1.52 bits per heavy atom. The van der Waals surface area contributed by atoms with E-state index in [1.807, 2.05) is 21.9 Å². The number of hydrogen-bond donors (Lipinski definition) is 0. The molecule has 0 radical (unpaired) electrons. The van der Waals surface area contributed by atoms with E-state index < -0.39 is 0 Å². The number of benzene rings is 1. The molecule has 2 rings (SSSR count). The maximum absolute atomic E-state index is 12.4. The van der Waals surface area contributed by atoms with Crippen molar-refractivity contribution in [2.45, 2.75) is 33.1 Å². The zero-order valence-electron chi connectivity index (χ0n) is 13.9. The van der Waals surface area contributed by atoms with Crippen molar-refractivity contribution in [2.24, 2.45) is 5.92 Å². The van der Waals surface area contributed by atoms with Gasteiger partial charge >= 0.3 is 0 Å². The Bertz CT molecular complexity index is 532. The number of amides is 2. The van der Waals surface area contributed by atoms with E-state index in [0.29, 0.717) is 37.6 Å². The van der Waals surface area contributed by atoms with Crippen molar-refractivity contribution in [1.82, 2.24) is 9.80 Å². The second-order valence-corrected chi connectivity index (χ2v) is 6.46. The second-order valence-electron chi connectivity index (χ2n) is 6.02. The molecule has 23 heavy (non-hydrogen) atoms. The quantitative estimate of drug-likeness (QED) is 0.829. The predicted molar refractivity (Wildman–Crippen MR) is 92.4 cm³/mol. The average Bonchev–Trinajstić information content (AvgIpc) is 2.58. The lowest BCUT2D eigenvalue weighted by Crippen LogP contribution is -2.52. The molecule has 0 saturated carbocycles. The fraction of sp³-hybridized carbons (Fsp3) is 0.556. The molecule has 0 unspecified atom stereocenters. The second kappa shape index (κ2) is 8.34. The van der Waals surface area contributed by atoms with Crippen LogP contribution >= 0.6 is 11.6 Å². The van der Waals surface area contributed by atoms with Crippen LogP contribution in [0.15, 0.2) is 24.3 Å². The number of nitrogens with zero attached hydrogens (tertiary/aromatic N) is 2. The number of piperazine rings is 1. The van der Waals surface area contributed by atoms with Gasteiger partial charge in [-0.3, -0.25) is 9.59 Å². The molecule has 5 heteroatoms. The summed E-state index contributed by atoms with van der Waals surface area (Å²) in [4.78, 5) is 28.5. The zero-order valence-corrected chi connectivity index (χ0v) is 14.7. The Balaban J connectivity index is 1.85. The first kappa shape index (κ1) is 17.8. The van der Waals surface area contributed by atoms with Crippen LogP contribution in [0.2, 0.25) is 5.02 Å². The van der Waals surface area contributed by atoms with Gasteiger partial charge in [-0.15, -0.1) is 0 Å². The third kappa shape index (κ3) is 4.71. The van der Waals surface area contributed by atoms with E-state index in [1.54, 1.807) is 12.1 Å². The lowest BCUT2D eigenvalue weighted by Gasteiger charge is -2.36. The molecule has 1 aromatic carbocycles. The van der Waals surface area contributed by atoms with Crippen LogP contribution in [0, 0.1) is 5.92 Å². The third-order valence-corrected chi connectivity index (χ3v) is 4.80. The number of halogens is 1. The molecule has 1 saturated heterocycles. The fourth-order valence-electron chi connectivity index (χ4n) is 2.96. The monoisotopic (exact) mass is 336 g/mol. The Hall–Kier alpha value is -1.55. The first-order chi connectivity index (χ1) is 11.0. The highest BCUT2D eigenvalue weighted by Crippen LogP contribution is 2.15. The SMILES string of the molecule is CCC(CC)C(=O)N1CCN(C(=O)Cc2ccc(Cl)cc2)CC1. The predicted octanol–water partition coefficient (Wildman–Crippen LogP) is 2.99. The van der Waals surface area contributed by atoms with Crippen LogP contribution in [0.5, 0.6) is 0 Å². The summed E-state index contributed by atoms with van der Waals surface area (Å²) < 4.78 is 0. The summed E-state index contributed by atoms with van der Waals surface area (Å²) in [6.45, 7) is 6.63. The zero-order chi connectivity index (χ0) is 16.8.